The first-order chi connectivity index (χ1) is 11.5. The number of carbonyl (C=O) groups excluding carboxylic acids is 1. The van der Waals surface area contributed by atoms with E-state index in [-0.39, 0.29) is 17.2 Å². The lowest BCUT2D eigenvalue weighted by Crippen LogP contribution is -2.26. The fourth-order valence-corrected chi connectivity index (χ4v) is 2.77. The highest BCUT2D eigenvalue weighted by Crippen LogP contribution is 2.34. The van der Waals surface area contributed by atoms with E-state index in [0.717, 1.165) is 24.7 Å². The Morgan fingerprint density at radius 3 is 2.83 bits per heavy atom. The van der Waals surface area contributed by atoms with Crippen LogP contribution in [0.5, 0.6) is 0 Å². The summed E-state index contributed by atoms with van der Waals surface area (Å²) < 4.78 is 1.66. The third-order valence-corrected chi connectivity index (χ3v) is 4.30. The maximum atomic E-state index is 12.1. The molecule has 1 aromatic heterocycles. The molecule has 9 nitrogen and oxygen atoms in total. The molecular formula is C14H18N6O3S. The normalized spacial score (nSPS) is 10.6. The predicted molar refractivity (Wildman–Crippen MR) is 89.1 cm³/mol. The van der Waals surface area contributed by atoms with E-state index in [2.05, 4.69) is 20.8 Å². The number of carbonyl (C=O) groups is 1. The lowest BCUT2D eigenvalue weighted by molar-refractivity contribution is -0.387. The molecule has 0 saturated carbocycles. The molecule has 2 rings (SSSR count). The molecule has 10 heteroatoms. The van der Waals surface area contributed by atoms with E-state index in [1.165, 1.54) is 12.4 Å². The van der Waals surface area contributed by atoms with Gasteiger partial charge in [-0.3, -0.25) is 14.9 Å². The predicted octanol–water partition coefficient (Wildman–Crippen LogP) is 1.21. The van der Waals surface area contributed by atoms with E-state index >= 15 is 0 Å². The van der Waals surface area contributed by atoms with E-state index in [9.17, 15) is 14.9 Å². The number of benzene rings is 1. The Bertz CT molecular complexity index is 733. The number of nitro groups is 1. The van der Waals surface area contributed by atoms with Crippen molar-refractivity contribution in [3.63, 3.8) is 0 Å². The Hall–Kier alpha value is -2.46. The van der Waals surface area contributed by atoms with Gasteiger partial charge < -0.3 is 15.2 Å². The number of amides is 1. The number of aromatic nitrogens is 3. The summed E-state index contributed by atoms with van der Waals surface area (Å²) in [6.45, 7) is 1.29. The Balaban J connectivity index is 2.15. The van der Waals surface area contributed by atoms with Crippen LogP contribution in [0.4, 0.5) is 5.69 Å². The highest BCUT2D eigenvalue weighted by molar-refractivity contribution is 7.99. The van der Waals surface area contributed by atoms with Crippen molar-refractivity contribution in [3.05, 3.63) is 40.2 Å². The SMILES string of the molecule is CNCCCNC(=O)c1ccc(Sc2nncn2C)c([N+](=O)[O-])c1. The van der Waals surface area contributed by atoms with Crippen LogP contribution in [-0.2, 0) is 7.05 Å². The lowest BCUT2D eigenvalue weighted by Gasteiger charge is -2.07. The van der Waals surface area contributed by atoms with Gasteiger partial charge in [-0.15, -0.1) is 10.2 Å². The monoisotopic (exact) mass is 350 g/mol. The van der Waals surface area contributed by atoms with E-state index in [0.29, 0.717) is 16.6 Å². The minimum Gasteiger partial charge on any atom is -0.352 e. The van der Waals surface area contributed by atoms with Gasteiger partial charge in [0.25, 0.3) is 11.6 Å². The van der Waals surface area contributed by atoms with Crippen LogP contribution in [-0.4, -0.2) is 45.7 Å². The average Bonchev–Trinajstić information content (AvgIpc) is 2.96. The van der Waals surface area contributed by atoms with Crippen molar-refractivity contribution >= 4 is 23.4 Å². The van der Waals surface area contributed by atoms with Crippen molar-refractivity contribution in [2.24, 2.45) is 7.05 Å². The Kier molecular flexibility index (Phi) is 6.27. The molecular weight excluding hydrogens is 332 g/mol. The second-order valence-corrected chi connectivity index (χ2v) is 5.99. The molecule has 0 radical (unpaired) electrons. The summed E-state index contributed by atoms with van der Waals surface area (Å²) in [5.41, 5.74) is 0.124. The van der Waals surface area contributed by atoms with E-state index < -0.39 is 4.92 Å². The maximum absolute atomic E-state index is 12.1. The molecule has 0 atom stereocenters. The lowest BCUT2D eigenvalue weighted by atomic mass is 10.2. The first-order valence-corrected chi connectivity index (χ1v) is 8.07. The summed E-state index contributed by atoms with van der Waals surface area (Å²) in [5.74, 6) is -0.329. The zero-order valence-electron chi connectivity index (χ0n) is 13.4. The molecule has 2 aromatic rings. The van der Waals surface area contributed by atoms with Crippen molar-refractivity contribution in [2.75, 3.05) is 20.1 Å². The van der Waals surface area contributed by atoms with Crippen molar-refractivity contribution < 1.29 is 9.72 Å². The molecule has 0 saturated heterocycles. The molecule has 1 heterocycles. The number of hydrogen-bond acceptors (Lipinski definition) is 7. The summed E-state index contributed by atoms with van der Waals surface area (Å²) in [6, 6.07) is 4.41. The van der Waals surface area contributed by atoms with Crippen molar-refractivity contribution in [2.45, 2.75) is 16.5 Å². The van der Waals surface area contributed by atoms with Crippen LogP contribution < -0.4 is 10.6 Å². The van der Waals surface area contributed by atoms with Crippen LogP contribution in [0.2, 0.25) is 0 Å². The van der Waals surface area contributed by atoms with Gasteiger partial charge in [0.15, 0.2) is 5.16 Å². The van der Waals surface area contributed by atoms with Gasteiger partial charge in [0.1, 0.15) is 6.33 Å². The topological polar surface area (TPSA) is 115 Å². The summed E-state index contributed by atoms with van der Waals surface area (Å²) in [4.78, 5) is 23.3. The zero-order chi connectivity index (χ0) is 17.5. The molecule has 0 spiro atoms. The van der Waals surface area contributed by atoms with Crippen molar-refractivity contribution in [1.29, 1.82) is 0 Å². The van der Waals surface area contributed by atoms with E-state index in [1.54, 1.807) is 23.7 Å². The van der Waals surface area contributed by atoms with Gasteiger partial charge in [-0.25, -0.2) is 0 Å². The summed E-state index contributed by atoms with van der Waals surface area (Å²) in [5, 5.41) is 25.2. The summed E-state index contributed by atoms with van der Waals surface area (Å²) in [6.07, 6.45) is 2.30. The molecule has 2 N–H and O–H groups in total. The van der Waals surface area contributed by atoms with Crippen LogP contribution in [0.15, 0.2) is 34.6 Å². The second-order valence-electron chi connectivity index (χ2n) is 4.98. The molecule has 0 fully saturated rings. The van der Waals surface area contributed by atoms with Crippen LogP contribution in [0.3, 0.4) is 0 Å². The first-order valence-electron chi connectivity index (χ1n) is 7.26. The first kappa shape index (κ1) is 17.9. The number of aryl methyl sites for hydroxylation is 1. The molecule has 128 valence electrons. The van der Waals surface area contributed by atoms with Gasteiger partial charge in [0, 0.05) is 25.2 Å². The van der Waals surface area contributed by atoms with Gasteiger partial charge in [-0.05, 0) is 43.9 Å². The molecule has 0 aliphatic rings. The van der Waals surface area contributed by atoms with Gasteiger partial charge >= 0.3 is 0 Å². The molecule has 0 aliphatic carbocycles. The smallest absolute Gasteiger partial charge is 0.284 e. The van der Waals surface area contributed by atoms with Gasteiger partial charge in [-0.2, -0.15) is 0 Å². The molecule has 1 aromatic carbocycles. The van der Waals surface area contributed by atoms with Crippen molar-refractivity contribution in [3.8, 4) is 0 Å². The van der Waals surface area contributed by atoms with Crippen LogP contribution >= 0.6 is 11.8 Å². The molecule has 0 bridgehead atoms. The van der Waals surface area contributed by atoms with E-state index in [4.69, 9.17) is 0 Å². The van der Waals surface area contributed by atoms with Crippen LogP contribution in [0.1, 0.15) is 16.8 Å². The quantitative estimate of drug-likeness (QED) is 0.418. The standard InChI is InChI=1S/C14H18N6O3S/c1-15-6-3-7-16-13(21)10-4-5-12(11(8-10)20(22)23)24-14-18-17-9-19(14)2/h4-5,8-9,15H,3,6-7H2,1-2H3,(H,16,21). The Morgan fingerprint density at radius 2 is 2.21 bits per heavy atom. The highest BCUT2D eigenvalue weighted by atomic mass is 32.2. The molecule has 0 unspecified atom stereocenters. The third kappa shape index (κ3) is 4.52. The fraction of sp³-hybridized carbons (Fsp3) is 0.357. The third-order valence-electron chi connectivity index (χ3n) is 3.18. The minimum atomic E-state index is -0.503. The minimum absolute atomic E-state index is 0.133. The molecule has 1 amide bonds. The number of nitrogens with one attached hydrogen (secondary N) is 2. The number of rotatable bonds is 8. The second kappa shape index (κ2) is 8.41. The maximum Gasteiger partial charge on any atom is 0.284 e. The number of nitrogens with zero attached hydrogens (tertiary/aromatic N) is 4. The Labute approximate surface area is 143 Å². The molecule has 24 heavy (non-hydrogen) atoms. The fourth-order valence-electron chi connectivity index (χ4n) is 1.92. The largest absolute Gasteiger partial charge is 0.352 e. The van der Waals surface area contributed by atoms with Crippen LogP contribution in [0.25, 0.3) is 0 Å². The molecule has 0 aliphatic heterocycles. The number of nitro benzene ring substituents is 1. The van der Waals surface area contributed by atoms with Crippen LogP contribution in [0, 0.1) is 10.1 Å². The summed E-state index contributed by atoms with van der Waals surface area (Å²) in [7, 11) is 3.58. The van der Waals surface area contributed by atoms with Crippen molar-refractivity contribution in [1.82, 2.24) is 25.4 Å². The zero-order valence-corrected chi connectivity index (χ0v) is 14.2. The van der Waals surface area contributed by atoms with Gasteiger partial charge in [-0.1, -0.05) is 0 Å². The van der Waals surface area contributed by atoms with Gasteiger partial charge in [0.2, 0.25) is 0 Å². The number of hydrogen-bond donors (Lipinski definition) is 2. The van der Waals surface area contributed by atoms with Gasteiger partial charge in [0.05, 0.1) is 9.82 Å². The van der Waals surface area contributed by atoms with E-state index in [1.807, 2.05) is 7.05 Å². The summed E-state index contributed by atoms with van der Waals surface area (Å²) >= 11 is 1.13. The highest BCUT2D eigenvalue weighted by Gasteiger charge is 2.19. The average molecular weight is 350 g/mol. The Morgan fingerprint density at radius 1 is 1.42 bits per heavy atom.